The number of nitriles is 1. The third kappa shape index (κ3) is 7.29. The van der Waals surface area contributed by atoms with Crippen molar-refractivity contribution in [2.45, 2.75) is 58.2 Å². The molecule has 0 aromatic heterocycles. The second-order valence-corrected chi connectivity index (χ2v) is 8.05. The lowest BCUT2D eigenvalue weighted by molar-refractivity contribution is -0.216. The van der Waals surface area contributed by atoms with Crippen LogP contribution in [0, 0.1) is 11.3 Å². The van der Waals surface area contributed by atoms with E-state index in [0.717, 1.165) is 0 Å². The van der Waals surface area contributed by atoms with E-state index in [2.05, 4.69) is 6.07 Å². The van der Waals surface area contributed by atoms with E-state index in [1.165, 1.54) is 20.8 Å². The minimum Gasteiger partial charge on any atom is -0.489 e. The maximum Gasteiger partial charge on any atom is 0.303 e. The van der Waals surface area contributed by atoms with Crippen LogP contribution in [0.15, 0.2) is 48.5 Å². The van der Waals surface area contributed by atoms with Gasteiger partial charge in [0, 0.05) is 32.8 Å². The molecule has 2 aromatic carbocycles. The molecule has 0 saturated carbocycles. The van der Waals surface area contributed by atoms with Gasteiger partial charge in [-0.3, -0.25) is 14.4 Å². The largest absolute Gasteiger partial charge is 0.489 e. The number of esters is 3. The molecule has 1 aliphatic heterocycles. The number of carbonyl (C=O) groups is 3. The van der Waals surface area contributed by atoms with Crippen LogP contribution < -0.4 is 4.74 Å². The van der Waals surface area contributed by atoms with Gasteiger partial charge in [-0.25, -0.2) is 0 Å². The average Bonchev–Trinajstić information content (AvgIpc) is 2.82. The van der Waals surface area contributed by atoms with E-state index in [9.17, 15) is 19.6 Å². The SMILES string of the molecule is CC(=O)OC[C@H]1O[C@@H](c2ccc(C#N)c(COc3ccccc3)c2)C[C@@H](OC(C)=O)C1OC(C)=O. The van der Waals surface area contributed by atoms with Crippen molar-refractivity contribution >= 4 is 17.9 Å². The number of hydrogen-bond donors (Lipinski definition) is 0. The molecule has 35 heavy (non-hydrogen) atoms. The molecule has 1 fully saturated rings. The molecule has 2 aromatic rings. The van der Waals surface area contributed by atoms with Crippen molar-refractivity contribution in [1.82, 2.24) is 0 Å². The lowest BCUT2D eigenvalue weighted by Gasteiger charge is -2.40. The Bertz CT molecular complexity index is 1090. The highest BCUT2D eigenvalue weighted by atomic mass is 16.6. The topological polar surface area (TPSA) is 121 Å². The van der Waals surface area contributed by atoms with E-state index in [0.29, 0.717) is 22.4 Å². The van der Waals surface area contributed by atoms with Crippen molar-refractivity contribution in [2.75, 3.05) is 6.61 Å². The van der Waals surface area contributed by atoms with Crippen molar-refractivity contribution in [2.24, 2.45) is 0 Å². The Hall–Kier alpha value is -3.90. The second kappa shape index (κ2) is 12.0. The van der Waals surface area contributed by atoms with Crippen LogP contribution in [-0.4, -0.2) is 42.8 Å². The number of hydrogen-bond acceptors (Lipinski definition) is 9. The summed E-state index contributed by atoms with van der Waals surface area (Å²) < 4.78 is 28.0. The molecule has 4 atom stereocenters. The van der Waals surface area contributed by atoms with Gasteiger partial charge in [0.1, 0.15) is 31.2 Å². The fourth-order valence-electron chi connectivity index (χ4n) is 3.87. The van der Waals surface area contributed by atoms with Gasteiger partial charge in [0.25, 0.3) is 0 Å². The maximum atomic E-state index is 11.8. The second-order valence-electron chi connectivity index (χ2n) is 8.05. The van der Waals surface area contributed by atoms with Gasteiger partial charge in [0.2, 0.25) is 0 Å². The summed E-state index contributed by atoms with van der Waals surface area (Å²) in [7, 11) is 0. The van der Waals surface area contributed by atoms with E-state index in [4.69, 9.17) is 23.7 Å². The zero-order valence-electron chi connectivity index (χ0n) is 19.8. The molecule has 0 spiro atoms. The van der Waals surface area contributed by atoms with Crippen molar-refractivity contribution in [3.8, 4) is 11.8 Å². The van der Waals surface area contributed by atoms with Crippen molar-refractivity contribution in [3.05, 3.63) is 65.2 Å². The summed E-state index contributed by atoms with van der Waals surface area (Å²) in [6.45, 7) is 3.72. The number of carbonyl (C=O) groups excluding carboxylic acids is 3. The lowest BCUT2D eigenvalue weighted by atomic mass is 9.92. The van der Waals surface area contributed by atoms with Crippen LogP contribution in [0.4, 0.5) is 0 Å². The van der Waals surface area contributed by atoms with Crippen LogP contribution in [0.2, 0.25) is 0 Å². The number of ether oxygens (including phenoxy) is 5. The molecule has 1 heterocycles. The summed E-state index contributed by atoms with van der Waals surface area (Å²) in [4.78, 5) is 34.9. The molecule has 9 heteroatoms. The number of rotatable bonds is 8. The molecular weight excluding hydrogens is 454 g/mol. The van der Waals surface area contributed by atoms with Gasteiger partial charge in [-0.15, -0.1) is 0 Å². The Kier molecular flexibility index (Phi) is 8.81. The summed E-state index contributed by atoms with van der Waals surface area (Å²) in [6.07, 6.45) is -3.04. The van der Waals surface area contributed by atoms with Crippen LogP contribution in [0.25, 0.3) is 0 Å². The molecule has 1 saturated heterocycles. The van der Waals surface area contributed by atoms with Gasteiger partial charge < -0.3 is 23.7 Å². The van der Waals surface area contributed by atoms with Crippen LogP contribution >= 0.6 is 0 Å². The molecule has 0 amide bonds. The molecular formula is C26H27NO8. The molecule has 3 rings (SSSR count). The smallest absolute Gasteiger partial charge is 0.303 e. The predicted molar refractivity (Wildman–Crippen MR) is 122 cm³/mol. The third-order valence-electron chi connectivity index (χ3n) is 5.35. The Morgan fingerprint density at radius 2 is 1.71 bits per heavy atom. The molecule has 0 N–H and O–H groups in total. The molecule has 184 valence electrons. The van der Waals surface area contributed by atoms with Crippen LogP contribution in [0.3, 0.4) is 0 Å². The molecule has 0 radical (unpaired) electrons. The quantitative estimate of drug-likeness (QED) is 0.412. The summed E-state index contributed by atoms with van der Waals surface area (Å²) >= 11 is 0. The van der Waals surface area contributed by atoms with Crippen LogP contribution in [0.5, 0.6) is 5.75 Å². The van der Waals surface area contributed by atoms with Gasteiger partial charge in [-0.05, 0) is 29.8 Å². The van der Waals surface area contributed by atoms with E-state index >= 15 is 0 Å². The van der Waals surface area contributed by atoms with Crippen LogP contribution in [0.1, 0.15) is 50.0 Å². The monoisotopic (exact) mass is 481 g/mol. The van der Waals surface area contributed by atoms with Crippen molar-refractivity contribution in [1.29, 1.82) is 5.26 Å². The first-order valence-electron chi connectivity index (χ1n) is 11.1. The minimum absolute atomic E-state index is 0.161. The summed E-state index contributed by atoms with van der Waals surface area (Å²) in [5.41, 5.74) is 1.81. The van der Waals surface area contributed by atoms with Gasteiger partial charge in [-0.1, -0.05) is 24.3 Å². The standard InChI is InChI=1S/C26H27NO8/c1-16(28)31-15-25-26(34-18(3)30)24(33-17(2)29)12-23(35-25)19-9-10-20(13-27)21(11-19)14-32-22-7-5-4-6-8-22/h4-11,23-26H,12,14-15H2,1-3H3/t23-,24-,25-,26?/m1/s1. The third-order valence-corrected chi connectivity index (χ3v) is 5.35. The average molecular weight is 482 g/mol. The van der Waals surface area contributed by atoms with E-state index in [1.54, 1.807) is 18.2 Å². The number of para-hydroxylation sites is 1. The first kappa shape index (κ1) is 25.7. The Morgan fingerprint density at radius 3 is 2.34 bits per heavy atom. The van der Waals surface area contributed by atoms with Gasteiger partial charge in [0.05, 0.1) is 17.7 Å². The van der Waals surface area contributed by atoms with E-state index in [1.807, 2.05) is 30.3 Å². The summed E-state index contributed by atoms with van der Waals surface area (Å²) in [5.74, 6) is -0.993. The summed E-state index contributed by atoms with van der Waals surface area (Å²) in [6, 6.07) is 16.6. The molecule has 9 nitrogen and oxygen atoms in total. The minimum atomic E-state index is -0.953. The van der Waals surface area contributed by atoms with Gasteiger partial charge in [0.15, 0.2) is 6.10 Å². The predicted octanol–water partition coefficient (Wildman–Crippen LogP) is 3.39. The molecule has 1 aliphatic rings. The zero-order chi connectivity index (χ0) is 25.4. The maximum absolute atomic E-state index is 11.8. The number of nitrogens with zero attached hydrogens (tertiary/aromatic N) is 1. The molecule has 0 aliphatic carbocycles. The molecule has 0 bridgehead atoms. The van der Waals surface area contributed by atoms with Gasteiger partial charge in [-0.2, -0.15) is 5.26 Å². The first-order valence-corrected chi connectivity index (χ1v) is 11.1. The Balaban J connectivity index is 1.88. The zero-order valence-corrected chi connectivity index (χ0v) is 19.8. The van der Waals surface area contributed by atoms with E-state index < -0.39 is 42.3 Å². The highest BCUT2D eigenvalue weighted by molar-refractivity contribution is 5.67. The normalized spacial score (nSPS) is 21.3. The number of benzene rings is 2. The Morgan fingerprint density at radius 1 is 1.00 bits per heavy atom. The fourth-order valence-corrected chi connectivity index (χ4v) is 3.87. The van der Waals surface area contributed by atoms with Gasteiger partial charge >= 0.3 is 17.9 Å². The van der Waals surface area contributed by atoms with Crippen molar-refractivity contribution < 1.29 is 38.1 Å². The fraction of sp³-hybridized carbons (Fsp3) is 0.385. The first-order chi connectivity index (χ1) is 16.8. The lowest BCUT2D eigenvalue weighted by Crippen LogP contribution is -2.51. The highest BCUT2D eigenvalue weighted by Gasteiger charge is 2.44. The van der Waals surface area contributed by atoms with Crippen molar-refractivity contribution in [3.63, 3.8) is 0 Å². The highest BCUT2D eigenvalue weighted by Crippen LogP contribution is 2.36. The summed E-state index contributed by atoms with van der Waals surface area (Å²) in [5, 5.41) is 9.55. The van der Waals surface area contributed by atoms with E-state index in [-0.39, 0.29) is 19.6 Å². The Labute approximate surface area is 203 Å². The van der Waals surface area contributed by atoms with Crippen LogP contribution in [-0.2, 0) is 39.9 Å². The molecule has 1 unspecified atom stereocenters.